The summed E-state index contributed by atoms with van der Waals surface area (Å²) in [5, 5.41) is 0. The highest BCUT2D eigenvalue weighted by atomic mass is 15.0. The monoisotopic (exact) mass is 134 g/mol. The van der Waals surface area contributed by atoms with Crippen LogP contribution in [0, 0.1) is 6.20 Å². The average molecular weight is 134 g/mol. The van der Waals surface area contributed by atoms with E-state index in [9.17, 15) is 0 Å². The van der Waals surface area contributed by atoms with E-state index in [2.05, 4.69) is 23.0 Å². The topological polar surface area (TPSA) is 4.93 Å². The van der Waals surface area contributed by atoms with Gasteiger partial charge in [0, 0.05) is 12.2 Å². The zero-order valence-corrected chi connectivity index (χ0v) is 6.09. The largest absolute Gasteiger partial charge is 0.343 e. The second-order valence-corrected chi connectivity index (χ2v) is 2.98. The Bertz CT molecular complexity index is 183. The molecule has 2 rings (SSSR count). The maximum Gasteiger partial charge on any atom is 0.0650 e. The van der Waals surface area contributed by atoms with Gasteiger partial charge < -0.3 is 4.57 Å². The Hall–Kier alpha value is -0.720. The lowest BCUT2D eigenvalue weighted by Gasteiger charge is -2.09. The normalized spacial score (nSPS) is 20.0. The van der Waals surface area contributed by atoms with E-state index in [1.165, 1.54) is 25.7 Å². The first-order valence-corrected chi connectivity index (χ1v) is 4.01. The third-order valence-electron chi connectivity index (χ3n) is 2.28. The van der Waals surface area contributed by atoms with Crippen molar-refractivity contribution in [2.24, 2.45) is 0 Å². The summed E-state index contributed by atoms with van der Waals surface area (Å²) in [4.78, 5) is 0. The second-order valence-electron chi connectivity index (χ2n) is 2.98. The van der Waals surface area contributed by atoms with Crippen LogP contribution in [0.4, 0.5) is 0 Å². The van der Waals surface area contributed by atoms with Gasteiger partial charge in [0.1, 0.15) is 0 Å². The third kappa shape index (κ3) is 0.962. The summed E-state index contributed by atoms with van der Waals surface area (Å²) in [5.41, 5.74) is 0. The minimum Gasteiger partial charge on any atom is -0.343 e. The number of aromatic nitrogens is 1. The van der Waals surface area contributed by atoms with Gasteiger partial charge in [-0.2, -0.15) is 0 Å². The molecule has 1 aliphatic rings. The van der Waals surface area contributed by atoms with E-state index >= 15 is 0 Å². The zero-order chi connectivity index (χ0) is 6.81. The molecule has 0 aliphatic heterocycles. The van der Waals surface area contributed by atoms with E-state index in [1.807, 2.05) is 6.07 Å². The molecule has 1 saturated carbocycles. The lowest BCUT2D eigenvalue weighted by atomic mass is 10.2. The summed E-state index contributed by atoms with van der Waals surface area (Å²) in [5.74, 6) is 0. The maximum atomic E-state index is 3.20. The van der Waals surface area contributed by atoms with Gasteiger partial charge in [0.15, 0.2) is 0 Å². The molecule has 1 heterocycles. The fourth-order valence-corrected chi connectivity index (χ4v) is 1.72. The molecule has 0 atom stereocenters. The maximum absolute atomic E-state index is 3.20. The van der Waals surface area contributed by atoms with Crippen LogP contribution in [0.1, 0.15) is 31.7 Å². The summed E-state index contributed by atoms with van der Waals surface area (Å²) in [6, 6.07) is 4.80. The number of hydrogen-bond acceptors (Lipinski definition) is 0. The van der Waals surface area contributed by atoms with Crippen LogP contribution in [0.2, 0.25) is 0 Å². The first-order valence-electron chi connectivity index (χ1n) is 4.01. The van der Waals surface area contributed by atoms with Crippen molar-refractivity contribution < 1.29 is 0 Å². The molecule has 1 heteroatoms. The van der Waals surface area contributed by atoms with E-state index in [4.69, 9.17) is 0 Å². The van der Waals surface area contributed by atoms with Crippen molar-refractivity contribution in [3.63, 3.8) is 0 Å². The fraction of sp³-hybridized carbons (Fsp3) is 0.556. The van der Waals surface area contributed by atoms with Crippen molar-refractivity contribution in [1.29, 1.82) is 0 Å². The molecular weight excluding hydrogens is 122 g/mol. The molecule has 0 amide bonds. The summed E-state index contributed by atoms with van der Waals surface area (Å²) < 4.78 is 2.22. The van der Waals surface area contributed by atoms with Gasteiger partial charge in [-0.25, -0.2) is 0 Å². The summed E-state index contributed by atoms with van der Waals surface area (Å²) in [6.45, 7) is 0. The van der Waals surface area contributed by atoms with Crippen LogP contribution in [-0.4, -0.2) is 4.57 Å². The molecule has 0 saturated heterocycles. The molecule has 0 N–H and O–H groups in total. The van der Waals surface area contributed by atoms with Crippen LogP contribution < -0.4 is 0 Å². The molecule has 0 spiro atoms. The highest BCUT2D eigenvalue weighted by molar-refractivity contribution is 4.92. The van der Waals surface area contributed by atoms with Gasteiger partial charge >= 0.3 is 0 Å². The summed E-state index contributed by atoms with van der Waals surface area (Å²) >= 11 is 0. The fourth-order valence-electron chi connectivity index (χ4n) is 1.72. The third-order valence-corrected chi connectivity index (χ3v) is 2.28. The van der Waals surface area contributed by atoms with E-state index in [-0.39, 0.29) is 0 Å². The van der Waals surface area contributed by atoms with Gasteiger partial charge in [-0.3, -0.25) is 0 Å². The number of hydrogen-bond donors (Lipinski definition) is 0. The Morgan fingerprint density at radius 1 is 1.30 bits per heavy atom. The van der Waals surface area contributed by atoms with Crippen LogP contribution in [0.3, 0.4) is 0 Å². The lowest BCUT2D eigenvalue weighted by Crippen LogP contribution is -2.00. The van der Waals surface area contributed by atoms with E-state index in [0.29, 0.717) is 0 Å². The Morgan fingerprint density at radius 2 is 2.10 bits per heavy atom. The predicted octanol–water partition coefficient (Wildman–Crippen LogP) is 2.40. The van der Waals surface area contributed by atoms with Gasteiger partial charge in [-0.15, -0.1) is 0 Å². The second kappa shape index (κ2) is 2.49. The van der Waals surface area contributed by atoms with Crippen molar-refractivity contribution in [1.82, 2.24) is 4.57 Å². The van der Waals surface area contributed by atoms with Gasteiger partial charge in [-0.1, -0.05) is 12.8 Å². The highest BCUT2D eigenvalue weighted by Crippen LogP contribution is 2.28. The molecule has 1 nitrogen and oxygen atoms in total. The molecule has 0 unspecified atom stereocenters. The number of nitrogens with zero attached hydrogens (tertiary/aromatic N) is 1. The van der Waals surface area contributed by atoms with Crippen LogP contribution in [0.5, 0.6) is 0 Å². The van der Waals surface area contributed by atoms with Crippen LogP contribution >= 0.6 is 0 Å². The Kier molecular flexibility index (Phi) is 1.50. The van der Waals surface area contributed by atoms with Crippen LogP contribution in [0.15, 0.2) is 18.3 Å². The molecule has 0 bridgehead atoms. The predicted molar refractivity (Wildman–Crippen MR) is 40.8 cm³/mol. The SMILES string of the molecule is [c]1cccn1C1CCCC1. The van der Waals surface area contributed by atoms with Crippen LogP contribution in [0.25, 0.3) is 0 Å². The highest BCUT2D eigenvalue weighted by Gasteiger charge is 2.14. The molecule has 1 aliphatic carbocycles. The quantitative estimate of drug-likeness (QED) is 0.555. The molecular formula is C9H12N. The van der Waals surface area contributed by atoms with Crippen LogP contribution in [-0.2, 0) is 0 Å². The molecule has 1 fully saturated rings. The van der Waals surface area contributed by atoms with Gasteiger partial charge in [-0.05, 0) is 25.0 Å². The molecule has 10 heavy (non-hydrogen) atoms. The van der Waals surface area contributed by atoms with Crippen molar-refractivity contribution in [3.05, 3.63) is 24.5 Å². The average Bonchev–Trinajstić information content (AvgIpc) is 2.59. The van der Waals surface area contributed by atoms with Crippen molar-refractivity contribution in [2.45, 2.75) is 31.7 Å². The first kappa shape index (κ1) is 6.02. The first-order chi connectivity index (χ1) is 4.97. The molecule has 1 aromatic heterocycles. The minimum absolute atomic E-state index is 0.759. The molecule has 1 radical (unpaired) electrons. The van der Waals surface area contributed by atoms with Crippen molar-refractivity contribution >= 4 is 0 Å². The lowest BCUT2D eigenvalue weighted by molar-refractivity contribution is 0.518. The Morgan fingerprint density at radius 3 is 2.70 bits per heavy atom. The number of rotatable bonds is 1. The Labute approximate surface area is 61.7 Å². The van der Waals surface area contributed by atoms with Crippen molar-refractivity contribution in [2.75, 3.05) is 0 Å². The zero-order valence-electron chi connectivity index (χ0n) is 6.09. The van der Waals surface area contributed by atoms with Gasteiger partial charge in [0.25, 0.3) is 0 Å². The summed E-state index contributed by atoms with van der Waals surface area (Å²) in [6.07, 6.45) is 10.8. The standard InChI is InChI=1S/C9H12N/c1-2-6-9(5-1)10-7-3-4-8-10/h3-4,7,9H,1-2,5-6H2. The van der Waals surface area contributed by atoms with E-state index in [0.717, 1.165) is 6.04 Å². The van der Waals surface area contributed by atoms with E-state index < -0.39 is 0 Å². The Balaban J connectivity index is 2.12. The molecule has 0 aromatic carbocycles. The van der Waals surface area contributed by atoms with Crippen molar-refractivity contribution in [3.8, 4) is 0 Å². The molecule has 53 valence electrons. The van der Waals surface area contributed by atoms with Gasteiger partial charge in [0.2, 0.25) is 0 Å². The minimum atomic E-state index is 0.759. The summed E-state index contributed by atoms with van der Waals surface area (Å²) in [7, 11) is 0. The smallest absolute Gasteiger partial charge is 0.0650 e. The van der Waals surface area contributed by atoms with E-state index in [1.54, 1.807) is 0 Å². The molecule has 1 aromatic rings. The van der Waals surface area contributed by atoms with Gasteiger partial charge in [0.05, 0.1) is 6.20 Å².